The van der Waals surface area contributed by atoms with Crippen LogP contribution in [0.2, 0.25) is 0 Å². The first-order chi connectivity index (χ1) is 14.2. The predicted molar refractivity (Wildman–Crippen MR) is 116 cm³/mol. The molecule has 1 heterocycles. The molecule has 0 aliphatic heterocycles. The molecular weight excluding hydrogens is 364 g/mol. The Morgan fingerprint density at radius 1 is 1.03 bits per heavy atom. The number of hydrogen-bond acceptors (Lipinski definition) is 3. The van der Waals surface area contributed by atoms with Crippen molar-refractivity contribution in [3.8, 4) is 11.6 Å². The molecule has 0 atom stereocenters. The third kappa shape index (κ3) is 8.50. The van der Waals surface area contributed by atoms with Gasteiger partial charge in [-0.05, 0) is 25.0 Å². The molecule has 6 nitrogen and oxygen atoms in total. The molecule has 0 radical (unpaired) electrons. The molecule has 1 aromatic heterocycles. The molecule has 0 aliphatic carbocycles. The third-order valence-corrected chi connectivity index (χ3v) is 4.57. The minimum Gasteiger partial charge on any atom is -0.478 e. The van der Waals surface area contributed by atoms with E-state index in [1.54, 1.807) is 16.9 Å². The Morgan fingerprint density at radius 2 is 1.76 bits per heavy atom. The van der Waals surface area contributed by atoms with Crippen LogP contribution in [0.4, 0.5) is 4.79 Å². The van der Waals surface area contributed by atoms with Crippen molar-refractivity contribution in [1.29, 1.82) is 0 Å². The van der Waals surface area contributed by atoms with Gasteiger partial charge in [0.25, 0.3) is 0 Å². The molecular formula is C23H34N4O2. The SMILES string of the molecule is CCCCCCCCNC(=O)N=c1cnn(-c2ccccc2)c(OCCCC)c1. The summed E-state index contributed by atoms with van der Waals surface area (Å²) >= 11 is 0. The minimum atomic E-state index is -0.336. The quantitative estimate of drug-likeness (QED) is 0.510. The number of nitrogens with one attached hydrogen (secondary N) is 1. The van der Waals surface area contributed by atoms with Gasteiger partial charge in [-0.15, -0.1) is 0 Å². The smallest absolute Gasteiger partial charge is 0.341 e. The summed E-state index contributed by atoms with van der Waals surface area (Å²) in [6, 6.07) is 11.2. The summed E-state index contributed by atoms with van der Waals surface area (Å²) in [6.45, 7) is 5.58. The average Bonchev–Trinajstić information content (AvgIpc) is 2.74. The van der Waals surface area contributed by atoms with Crippen LogP contribution in [0.15, 0.2) is 47.6 Å². The van der Waals surface area contributed by atoms with Gasteiger partial charge in [-0.1, -0.05) is 70.6 Å². The Balaban J connectivity index is 2.00. The monoisotopic (exact) mass is 398 g/mol. The zero-order valence-corrected chi connectivity index (χ0v) is 17.8. The topological polar surface area (TPSA) is 68.5 Å². The van der Waals surface area contributed by atoms with Crippen molar-refractivity contribution in [1.82, 2.24) is 15.1 Å². The van der Waals surface area contributed by atoms with Crippen LogP contribution >= 0.6 is 0 Å². The van der Waals surface area contributed by atoms with Crippen molar-refractivity contribution in [2.75, 3.05) is 13.2 Å². The molecule has 6 heteroatoms. The molecule has 2 aromatic rings. The molecule has 0 unspecified atom stereocenters. The number of hydrogen-bond donors (Lipinski definition) is 1. The summed E-state index contributed by atoms with van der Waals surface area (Å²) in [5.74, 6) is 0.578. The van der Waals surface area contributed by atoms with E-state index < -0.39 is 0 Å². The maximum atomic E-state index is 12.1. The lowest BCUT2D eigenvalue weighted by Crippen LogP contribution is -2.24. The minimum absolute atomic E-state index is 0.336. The normalized spacial score (nSPS) is 11.4. The van der Waals surface area contributed by atoms with E-state index in [-0.39, 0.29) is 6.03 Å². The van der Waals surface area contributed by atoms with Gasteiger partial charge in [0.05, 0.1) is 23.8 Å². The van der Waals surface area contributed by atoms with Crippen molar-refractivity contribution in [3.63, 3.8) is 0 Å². The first-order valence-corrected chi connectivity index (χ1v) is 10.8. The number of ether oxygens (including phenoxy) is 1. The van der Waals surface area contributed by atoms with E-state index in [9.17, 15) is 4.79 Å². The molecule has 0 saturated carbocycles. The van der Waals surface area contributed by atoms with Crippen LogP contribution in [-0.2, 0) is 0 Å². The summed E-state index contributed by atoms with van der Waals surface area (Å²) in [7, 11) is 0. The number of para-hydroxylation sites is 1. The van der Waals surface area contributed by atoms with E-state index in [4.69, 9.17) is 4.74 Å². The van der Waals surface area contributed by atoms with Crippen molar-refractivity contribution < 1.29 is 9.53 Å². The molecule has 0 saturated heterocycles. The van der Waals surface area contributed by atoms with Gasteiger partial charge in [0.15, 0.2) is 0 Å². The van der Waals surface area contributed by atoms with Gasteiger partial charge >= 0.3 is 6.03 Å². The van der Waals surface area contributed by atoms with Crippen LogP contribution in [0.25, 0.3) is 5.69 Å². The highest BCUT2D eigenvalue weighted by atomic mass is 16.5. The van der Waals surface area contributed by atoms with Crippen molar-refractivity contribution in [2.24, 2.45) is 4.99 Å². The molecule has 29 heavy (non-hydrogen) atoms. The molecule has 1 N–H and O–H groups in total. The fourth-order valence-corrected chi connectivity index (χ4v) is 2.90. The Bertz CT molecular complexity index is 787. The number of nitrogens with zero attached hydrogens (tertiary/aromatic N) is 3. The Labute approximate surface area is 174 Å². The first kappa shape index (κ1) is 22.7. The van der Waals surface area contributed by atoms with E-state index in [1.165, 1.54) is 25.7 Å². The Morgan fingerprint density at radius 3 is 2.52 bits per heavy atom. The van der Waals surface area contributed by atoms with Crippen LogP contribution in [-0.4, -0.2) is 29.0 Å². The molecule has 2 amide bonds. The van der Waals surface area contributed by atoms with Crippen molar-refractivity contribution in [2.45, 2.75) is 65.2 Å². The molecule has 0 fully saturated rings. The number of carbonyl (C=O) groups excluding carboxylic acids is 1. The van der Waals surface area contributed by atoms with Crippen LogP contribution in [0.5, 0.6) is 5.88 Å². The number of benzene rings is 1. The van der Waals surface area contributed by atoms with E-state index in [1.807, 2.05) is 30.3 Å². The van der Waals surface area contributed by atoms with Gasteiger partial charge < -0.3 is 10.1 Å². The number of amides is 2. The summed E-state index contributed by atoms with van der Waals surface area (Å²) < 4.78 is 7.63. The number of rotatable bonds is 12. The predicted octanol–water partition coefficient (Wildman–Crippen LogP) is 5.02. The average molecular weight is 399 g/mol. The van der Waals surface area contributed by atoms with Gasteiger partial charge in [-0.25, -0.2) is 9.48 Å². The van der Waals surface area contributed by atoms with Crippen LogP contribution in [0.3, 0.4) is 0 Å². The van der Waals surface area contributed by atoms with Crippen LogP contribution < -0.4 is 15.4 Å². The summed E-state index contributed by atoms with van der Waals surface area (Å²) in [5, 5.41) is 7.79. The maximum absolute atomic E-state index is 12.1. The lowest BCUT2D eigenvalue weighted by molar-refractivity contribution is 0.248. The van der Waals surface area contributed by atoms with Gasteiger partial charge in [-0.2, -0.15) is 10.1 Å². The summed E-state index contributed by atoms with van der Waals surface area (Å²) in [5.41, 5.74) is 0.901. The van der Waals surface area contributed by atoms with Crippen molar-refractivity contribution in [3.05, 3.63) is 48.0 Å². The molecule has 0 aliphatic rings. The molecule has 0 bridgehead atoms. The Hall–Kier alpha value is -2.63. The molecule has 2 rings (SSSR count). The summed E-state index contributed by atoms with van der Waals surface area (Å²) in [4.78, 5) is 16.2. The maximum Gasteiger partial charge on any atom is 0.341 e. The van der Waals surface area contributed by atoms with E-state index >= 15 is 0 Å². The van der Waals surface area contributed by atoms with Gasteiger partial charge in [0.1, 0.15) is 0 Å². The second kappa shape index (κ2) is 13.5. The van der Waals surface area contributed by atoms with Crippen LogP contribution in [0.1, 0.15) is 65.2 Å². The second-order valence-corrected chi connectivity index (χ2v) is 7.11. The number of carbonyl (C=O) groups is 1. The number of unbranched alkanes of at least 4 members (excludes halogenated alkanes) is 6. The largest absolute Gasteiger partial charge is 0.478 e. The van der Waals surface area contributed by atoms with E-state index in [0.717, 1.165) is 31.4 Å². The first-order valence-electron chi connectivity index (χ1n) is 10.8. The highest BCUT2D eigenvalue weighted by molar-refractivity contribution is 5.74. The lowest BCUT2D eigenvalue weighted by atomic mass is 10.1. The molecule has 158 valence electrons. The number of aromatic nitrogens is 2. The third-order valence-electron chi connectivity index (χ3n) is 4.57. The van der Waals surface area contributed by atoms with Gasteiger partial charge in [0.2, 0.25) is 5.88 Å². The fourth-order valence-electron chi connectivity index (χ4n) is 2.90. The fraction of sp³-hybridized carbons (Fsp3) is 0.522. The van der Waals surface area contributed by atoms with E-state index in [0.29, 0.717) is 24.4 Å². The summed E-state index contributed by atoms with van der Waals surface area (Å²) in [6.07, 6.45) is 10.7. The number of urea groups is 1. The standard InChI is InChI=1S/C23H34N4O2/c1-3-5-7-8-9-13-16-24-23(28)26-20-18-22(29-17-6-4-2)27(25-19-20)21-14-11-10-12-15-21/h10-12,14-15,18-19H,3-9,13,16-17H2,1-2H3,(H,24,28). The lowest BCUT2D eigenvalue weighted by Gasteiger charge is -2.13. The van der Waals surface area contributed by atoms with Crippen LogP contribution in [0, 0.1) is 0 Å². The van der Waals surface area contributed by atoms with Gasteiger partial charge in [-0.3, -0.25) is 0 Å². The second-order valence-electron chi connectivity index (χ2n) is 7.11. The molecule has 0 spiro atoms. The Kier molecular flexibility index (Phi) is 10.6. The highest BCUT2D eigenvalue weighted by Gasteiger charge is 2.06. The zero-order valence-electron chi connectivity index (χ0n) is 17.8. The van der Waals surface area contributed by atoms with Crippen molar-refractivity contribution >= 4 is 6.03 Å². The van der Waals surface area contributed by atoms with Gasteiger partial charge in [0, 0.05) is 12.6 Å². The molecule has 1 aromatic carbocycles. The zero-order chi connectivity index (χ0) is 20.7. The highest BCUT2D eigenvalue weighted by Crippen LogP contribution is 2.14. The van der Waals surface area contributed by atoms with E-state index in [2.05, 4.69) is 29.3 Å².